The molecule has 0 aliphatic heterocycles. The molecule has 0 saturated carbocycles. The van der Waals surface area contributed by atoms with Crippen molar-refractivity contribution < 1.29 is 32.7 Å². The number of amides is 1. The Labute approximate surface area is 159 Å². The molecular weight excluding hydrogens is 370 g/mol. The van der Waals surface area contributed by atoms with E-state index in [1.54, 1.807) is 18.7 Å². The van der Waals surface area contributed by atoms with Gasteiger partial charge in [0.2, 0.25) is 0 Å². The van der Waals surface area contributed by atoms with Crippen LogP contribution in [0.5, 0.6) is 0 Å². The summed E-state index contributed by atoms with van der Waals surface area (Å²) in [6.07, 6.45) is 0.221. The molecule has 0 radical (unpaired) electrons. The van der Waals surface area contributed by atoms with Crippen LogP contribution in [0.4, 0.5) is 0 Å². The topological polar surface area (TPSA) is 100 Å². The minimum absolute atomic E-state index is 0.0998. The van der Waals surface area contributed by atoms with Crippen molar-refractivity contribution in [3.63, 3.8) is 0 Å². The lowest BCUT2D eigenvalue weighted by atomic mass is 10.1. The fraction of sp³-hybridized carbons (Fsp3) is 0.389. The molecule has 148 valence electrons. The smallest absolute Gasteiger partial charge is 0.354 e. The van der Waals surface area contributed by atoms with Gasteiger partial charge in [0.25, 0.3) is 5.91 Å². The van der Waals surface area contributed by atoms with Gasteiger partial charge < -0.3 is 23.6 Å². The number of hydrogen-bond acceptors (Lipinski definition) is 7. The lowest BCUT2D eigenvalue weighted by Gasteiger charge is -2.23. The van der Waals surface area contributed by atoms with E-state index >= 15 is 0 Å². The SMILES string of the molecule is C=C(C)C(=O)OCCOC(=O)c1ccccc1C(=O)NC[Si](C)(OC)OC. The van der Waals surface area contributed by atoms with E-state index in [1.165, 1.54) is 33.3 Å². The molecule has 9 heteroatoms. The molecule has 0 heterocycles. The molecule has 0 aliphatic rings. The Morgan fingerprint density at radius 2 is 1.59 bits per heavy atom. The number of esters is 2. The first-order valence-corrected chi connectivity index (χ1v) is 10.7. The van der Waals surface area contributed by atoms with Gasteiger partial charge in [0, 0.05) is 19.8 Å². The average Bonchev–Trinajstić information content (AvgIpc) is 2.68. The number of ether oxygens (including phenoxy) is 2. The predicted octanol–water partition coefficient (Wildman–Crippen LogP) is 1.60. The maximum Gasteiger partial charge on any atom is 0.354 e. The molecule has 1 aromatic carbocycles. The molecule has 1 amide bonds. The number of benzene rings is 1. The van der Waals surface area contributed by atoms with Crippen molar-refractivity contribution in [2.24, 2.45) is 0 Å². The molecule has 8 nitrogen and oxygen atoms in total. The van der Waals surface area contributed by atoms with E-state index in [9.17, 15) is 14.4 Å². The van der Waals surface area contributed by atoms with E-state index in [4.69, 9.17) is 18.3 Å². The minimum Gasteiger partial charge on any atom is -0.459 e. The molecule has 0 saturated heterocycles. The summed E-state index contributed by atoms with van der Waals surface area (Å²) >= 11 is 0. The fourth-order valence-corrected chi connectivity index (χ4v) is 2.83. The monoisotopic (exact) mass is 395 g/mol. The van der Waals surface area contributed by atoms with E-state index in [1.807, 2.05) is 0 Å². The Kier molecular flexibility index (Phi) is 8.86. The molecule has 1 aromatic rings. The molecule has 1 rings (SSSR count). The Morgan fingerprint density at radius 1 is 1.04 bits per heavy atom. The van der Waals surface area contributed by atoms with Crippen LogP contribution in [0.25, 0.3) is 0 Å². The van der Waals surface area contributed by atoms with Gasteiger partial charge in [-0.05, 0) is 25.6 Å². The van der Waals surface area contributed by atoms with E-state index in [0.717, 1.165) is 0 Å². The number of carbonyl (C=O) groups is 3. The Hall–Kier alpha value is -2.49. The van der Waals surface area contributed by atoms with Gasteiger partial charge in [0.15, 0.2) is 0 Å². The standard InChI is InChI=1S/C18H25NO7Si/c1-13(2)17(21)25-10-11-26-18(22)15-9-7-6-8-14(15)16(20)19-12-27(5,23-3)24-4/h6-9H,1,10-12H2,2-5H3,(H,19,20). The van der Waals surface area contributed by atoms with Crippen LogP contribution in [0, 0.1) is 0 Å². The van der Waals surface area contributed by atoms with Gasteiger partial charge >= 0.3 is 20.5 Å². The van der Waals surface area contributed by atoms with Gasteiger partial charge in [-0.3, -0.25) is 4.79 Å². The summed E-state index contributed by atoms with van der Waals surface area (Å²) in [5.74, 6) is -1.69. The summed E-state index contributed by atoms with van der Waals surface area (Å²) in [7, 11) is 0.556. The fourth-order valence-electron chi connectivity index (χ4n) is 1.89. The molecule has 0 spiro atoms. The predicted molar refractivity (Wildman–Crippen MR) is 100 cm³/mol. The highest BCUT2D eigenvalue weighted by Gasteiger charge is 2.30. The number of hydrogen-bond donors (Lipinski definition) is 1. The molecule has 0 atom stereocenters. The van der Waals surface area contributed by atoms with Gasteiger partial charge in [0.1, 0.15) is 13.2 Å². The molecule has 0 aliphatic carbocycles. The van der Waals surface area contributed by atoms with E-state index < -0.39 is 26.4 Å². The van der Waals surface area contributed by atoms with Crippen LogP contribution in [0.1, 0.15) is 27.6 Å². The van der Waals surface area contributed by atoms with Crippen LogP contribution < -0.4 is 5.32 Å². The number of nitrogens with one attached hydrogen (secondary N) is 1. The Balaban J connectivity index is 2.69. The van der Waals surface area contributed by atoms with E-state index in [0.29, 0.717) is 0 Å². The van der Waals surface area contributed by atoms with Crippen LogP contribution in [-0.2, 0) is 23.1 Å². The van der Waals surface area contributed by atoms with Crippen molar-refractivity contribution >= 4 is 26.4 Å². The highest BCUT2D eigenvalue weighted by Crippen LogP contribution is 2.11. The number of carbonyl (C=O) groups excluding carboxylic acids is 3. The van der Waals surface area contributed by atoms with E-state index in [-0.39, 0.29) is 36.1 Å². The van der Waals surface area contributed by atoms with Crippen molar-refractivity contribution in [1.29, 1.82) is 0 Å². The van der Waals surface area contributed by atoms with E-state index in [2.05, 4.69) is 11.9 Å². The Morgan fingerprint density at radius 3 is 2.15 bits per heavy atom. The van der Waals surface area contributed by atoms with Crippen molar-refractivity contribution in [3.8, 4) is 0 Å². The van der Waals surface area contributed by atoms with Crippen LogP contribution >= 0.6 is 0 Å². The van der Waals surface area contributed by atoms with Gasteiger partial charge in [-0.2, -0.15) is 0 Å². The van der Waals surface area contributed by atoms with Gasteiger partial charge in [-0.15, -0.1) is 0 Å². The van der Waals surface area contributed by atoms with Crippen molar-refractivity contribution in [2.45, 2.75) is 13.5 Å². The highest BCUT2D eigenvalue weighted by atomic mass is 28.4. The maximum atomic E-state index is 12.5. The molecule has 1 N–H and O–H groups in total. The van der Waals surface area contributed by atoms with Gasteiger partial charge in [-0.1, -0.05) is 18.7 Å². The zero-order valence-corrected chi connectivity index (χ0v) is 17.0. The van der Waals surface area contributed by atoms with Crippen LogP contribution in [0.15, 0.2) is 36.4 Å². The Bertz CT molecular complexity index is 701. The third kappa shape index (κ3) is 6.97. The zero-order chi connectivity index (χ0) is 20.4. The molecule has 0 bridgehead atoms. The summed E-state index contributed by atoms with van der Waals surface area (Å²) < 4.78 is 20.6. The number of rotatable bonds is 10. The third-order valence-corrected chi connectivity index (χ3v) is 6.27. The average molecular weight is 395 g/mol. The maximum absolute atomic E-state index is 12.5. The third-order valence-electron chi connectivity index (χ3n) is 3.72. The first kappa shape index (κ1) is 22.5. The van der Waals surface area contributed by atoms with Crippen LogP contribution in [0.2, 0.25) is 6.55 Å². The molecule has 0 aromatic heterocycles. The summed E-state index contributed by atoms with van der Waals surface area (Å²) in [4.78, 5) is 36.0. The quantitative estimate of drug-likeness (QED) is 0.278. The van der Waals surface area contributed by atoms with Gasteiger partial charge in [0.05, 0.1) is 17.3 Å². The summed E-state index contributed by atoms with van der Waals surface area (Å²) in [6.45, 7) is 6.54. The van der Waals surface area contributed by atoms with Gasteiger partial charge in [-0.25, -0.2) is 9.59 Å². The van der Waals surface area contributed by atoms with Crippen molar-refractivity contribution in [3.05, 3.63) is 47.5 Å². The molecule has 0 fully saturated rings. The lowest BCUT2D eigenvalue weighted by Crippen LogP contribution is -2.48. The molecule has 27 heavy (non-hydrogen) atoms. The van der Waals surface area contributed by atoms with Crippen molar-refractivity contribution in [2.75, 3.05) is 33.6 Å². The molecule has 0 unspecified atom stereocenters. The first-order chi connectivity index (χ1) is 12.7. The lowest BCUT2D eigenvalue weighted by molar-refractivity contribution is -0.140. The second-order valence-corrected chi connectivity index (χ2v) is 9.26. The minimum atomic E-state index is -2.49. The zero-order valence-electron chi connectivity index (χ0n) is 16.0. The van der Waals surface area contributed by atoms with Crippen molar-refractivity contribution in [1.82, 2.24) is 5.32 Å². The second-order valence-electron chi connectivity index (χ2n) is 5.82. The first-order valence-electron chi connectivity index (χ1n) is 8.21. The largest absolute Gasteiger partial charge is 0.459 e. The van der Waals surface area contributed by atoms with Crippen LogP contribution in [-0.4, -0.2) is 60.0 Å². The summed E-state index contributed by atoms with van der Waals surface area (Å²) in [5, 5.41) is 2.72. The highest BCUT2D eigenvalue weighted by molar-refractivity contribution is 6.66. The van der Waals surface area contributed by atoms with Crippen LogP contribution in [0.3, 0.4) is 0 Å². The molecular formula is C18H25NO7Si. The second kappa shape index (κ2) is 10.6. The summed E-state index contributed by atoms with van der Waals surface area (Å²) in [5.41, 5.74) is 0.537. The summed E-state index contributed by atoms with van der Waals surface area (Å²) in [6, 6.07) is 6.27. The normalized spacial score (nSPS) is 10.8.